The average molecular weight is 284 g/mol. The van der Waals surface area contributed by atoms with Crippen molar-refractivity contribution in [3.8, 4) is 0 Å². The third kappa shape index (κ3) is 2.11. The Morgan fingerprint density at radius 3 is 2.69 bits per heavy atom. The summed E-state index contributed by atoms with van der Waals surface area (Å²) < 4.78 is 1.13. The van der Waals surface area contributed by atoms with Crippen LogP contribution in [0.1, 0.15) is 20.3 Å². The minimum absolute atomic E-state index is 0.122. The number of anilines is 1. The van der Waals surface area contributed by atoms with Gasteiger partial charge in [-0.3, -0.25) is 0 Å². The molecule has 0 saturated carbocycles. The maximum absolute atomic E-state index is 9.29. The van der Waals surface area contributed by atoms with Crippen LogP contribution in [0.15, 0.2) is 28.7 Å². The van der Waals surface area contributed by atoms with E-state index in [-0.39, 0.29) is 12.1 Å². The van der Waals surface area contributed by atoms with E-state index in [0.717, 1.165) is 17.4 Å². The first-order valence-corrected chi connectivity index (χ1v) is 6.47. The van der Waals surface area contributed by atoms with Crippen molar-refractivity contribution in [2.24, 2.45) is 5.92 Å². The zero-order valence-corrected chi connectivity index (χ0v) is 11.4. The van der Waals surface area contributed by atoms with Crippen LogP contribution in [0, 0.1) is 5.92 Å². The van der Waals surface area contributed by atoms with Crippen molar-refractivity contribution in [2.45, 2.75) is 25.8 Å². The number of para-hydroxylation sites is 1. The first-order chi connectivity index (χ1) is 7.54. The molecule has 3 heteroatoms. The standard InChI is InChI=1S/C13H18BrNO/c1-13(2)7-10(9-16)8-15(13)12-6-4-3-5-11(12)14/h3-6,10,16H,7-9H2,1-2H3. The van der Waals surface area contributed by atoms with Gasteiger partial charge in [0.2, 0.25) is 0 Å². The zero-order valence-electron chi connectivity index (χ0n) is 9.78. The van der Waals surface area contributed by atoms with Crippen LogP contribution in [0.5, 0.6) is 0 Å². The van der Waals surface area contributed by atoms with Crippen LogP contribution in [-0.4, -0.2) is 23.8 Å². The molecule has 1 heterocycles. The normalized spacial score (nSPS) is 23.8. The maximum Gasteiger partial charge on any atom is 0.0515 e. The first-order valence-electron chi connectivity index (χ1n) is 5.67. The molecule has 1 aromatic carbocycles. The topological polar surface area (TPSA) is 23.5 Å². The lowest BCUT2D eigenvalue weighted by molar-refractivity contribution is 0.232. The van der Waals surface area contributed by atoms with Crippen LogP contribution in [0.25, 0.3) is 0 Å². The Kier molecular flexibility index (Phi) is 3.27. The Morgan fingerprint density at radius 1 is 1.44 bits per heavy atom. The lowest BCUT2D eigenvalue weighted by Crippen LogP contribution is -2.38. The van der Waals surface area contributed by atoms with Gasteiger partial charge in [-0.25, -0.2) is 0 Å². The van der Waals surface area contributed by atoms with E-state index in [1.54, 1.807) is 0 Å². The van der Waals surface area contributed by atoms with Crippen molar-refractivity contribution < 1.29 is 5.11 Å². The highest BCUT2D eigenvalue weighted by molar-refractivity contribution is 9.10. The second-order valence-electron chi connectivity index (χ2n) is 5.13. The van der Waals surface area contributed by atoms with Crippen molar-refractivity contribution in [1.29, 1.82) is 0 Å². The van der Waals surface area contributed by atoms with Crippen LogP contribution < -0.4 is 4.90 Å². The lowest BCUT2D eigenvalue weighted by Gasteiger charge is -2.34. The van der Waals surface area contributed by atoms with Crippen molar-refractivity contribution in [2.75, 3.05) is 18.1 Å². The molecule has 0 spiro atoms. The summed E-state index contributed by atoms with van der Waals surface area (Å²) in [5, 5.41) is 9.29. The predicted molar refractivity (Wildman–Crippen MR) is 70.8 cm³/mol. The summed E-state index contributed by atoms with van der Waals surface area (Å²) >= 11 is 3.60. The second kappa shape index (κ2) is 4.38. The Balaban J connectivity index is 2.31. The van der Waals surface area contributed by atoms with Gasteiger partial charge in [0.25, 0.3) is 0 Å². The Bertz CT molecular complexity index is 378. The molecule has 1 atom stereocenters. The number of rotatable bonds is 2. The van der Waals surface area contributed by atoms with E-state index < -0.39 is 0 Å². The van der Waals surface area contributed by atoms with Crippen molar-refractivity contribution >= 4 is 21.6 Å². The smallest absolute Gasteiger partial charge is 0.0515 e. The van der Waals surface area contributed by atoms with Gasteiger partial charge in [-0.1, -0.05) is 12.1 Å². The van der Waals surface area contributed by atoms with Crippen molar-refractivity contribution in [3.63, 3.8) is 0 Å². The van der Waals surface area contributed by atoms with Gasteiger partial charge in [-0.2, -0.15) is 0 Å². The third-order valence-corrected chi connectivity index (χ3v) is 4.03. The molecule has 0 aliphatic carbocycles. The van der Waals surface area contributed by atoms with Crippen molar-refractivity contribution in [3.05, 3.63) is 28.7 Å². The molecule has 1 unspecified atom stereocenters. The van der Waals surface area contributed by atoms with E-state index in [1.165, 1.54) is 5.69 Å². The molecule has 1 saturated heterocycles. The monoisotopic (exact) mass is 283 g/mol. The lowest BCUT2D eigenvalue weighted by atomic mass is 9.97. The van der Waals surface area contributed by atoms with E-state index >= 15 is 0 Å². The fourth-order valence-corrected chi connectivity index (χ4v) is 3.10. The van der Waals surface area contributed by atoms with Crippen LogP contribution in [0.3, 0.4) is 0 Å². The molecule has 2 rings (SSSR count). The largest absolute Gasteiger partial charge is 0.396 e. The van der Waals surface area contributed by atoms with E-state index in [4.69, 9.17) is 0 Å². The maximum atomic E-state index is 9.29. The Labute approximate surface area is 105 Å². The highest BCUT2D eigenvalue weighted by Gasteiger charge is 2.38. The molecule has 1 N–H and O–H groups in total. The summed E-state index contributed by atoms with van der Waals surface area (Å²) in [5.41, 5.74) is 1.35. The molecule has 1 aliphatic heterocycles. The van der Waals surface area contributed by atoms with Gasteiger partial charge in [-0.05, 0) is 48.3 Å². The van der Waals surface area contributed by atoms with E-state index in [9.17, 15) is 5.11 Å². The molecule has 0 bridgehead atoms. The molecule has 0 amide bonds. The number of halogens is 1. The molecule has 2 nitrogen and oxygen atoms in total. The summed E-state index contributed by atoms with van der Waals surface area (Å²) in [6, 6.07) is 8.28. The van der Waals surface area contributed by atoms with Gasteiger partial charge >= 0.3 is 0 Å². The Morgan fingerprint density at radius 2 is 2.12 bits per heavy atom. The molecule has 1 fully saturated rings. The fraction of sp³-hybridized carbons (Fsp3) is 0.538. The van der Waals surface area contributed by atoms with Crippen LogP contribution in [0.2, 0.25) is 0 Å². The highest BCUT2D eigenvalue weighted by Crippen LogP contribution is 2.39. The number of nitrogens with zero attached hydrogens (tertiary/aromatic N) is 1. The first kappa shape index (κ1) is 11.9. The SMILES string of the molecule is CC1(C)CC(CO)CN1c1ccccc1Br. The molecule has 16 heavy (non-hydrogen) atoms. The minimum Gasteiger partial charge on any atom is -0.396 e. The molecule has 1 aliphatic rings. The average Bonchev–Trinajstić information content (AvgIpc) is 2.54. The number of aliphatic hydroxyl groups excluding tert-OH is 1. The third-order valence-electron chi connectivity index (χ3n) is 3.36. The van der Waals surface area contributed by atoms with E-state index in [1.807, 2.05) is 6.07 Å². The second-order valence-corrected chi connectivity index (χ2v) is 5.98. The zero-order chi connectivity index (χ0) is 11.8. The summed E-state index contributed by atoms with van der Waals surface area (Å²) in [4.78, 5) is 2.39. The molecule has 88 valence electrons. The summed E-state index contributed by atoms with van der Waals surface area (Å²) in [6.07, 6.45) is 1.05. The quantitative estimate of drug-likeness (QED) is 0.902. The summed E-state index contributed by atoms with van der Waals surface area (Å²) in [7, 11) is 0. The number of hydrogen-bond acceptors (Lipinski definition) is 2. The number of benzene rings is 1. The van der Waals surface area contributed by atoms with Crippen LogP contribution in [-0.2, 0) is 0 Å². The van der Waals surface area contributed by atoms with Crippen LogP contribution in [0.4, 0.5) is 5.69 Å². The van der Waals surface area contributed by atoms with Gasteiger partial charge in [-0.15, -0.1) is 0 Å². The van der Waals surface area contributed by atoms with Crippen molar-refractivity contribution in [1.82, 2.24) is 0 Å². The predicted octanol–water partition coefficient (Wildman–Crippen LogP) is 3.05. The highest BCUT2D eigenvalue weighted by atomic mass is 79.9. The molecule has 1 aromatic rings. The number of hydrogen-bond donors (Lipinski definition) is 1. The van der Waals surface area contributed by atoms with Gasteiger partial charge in [0.05, 0.1) is 5.69 Å². The molecule has 0 aromatic heterocycles. The Hall–Kier alpha value is -0.540. The van der Waals surface area contributed by atoms with Gasteiger partial charge < -0.3 is 10.0 Å². The van der Waals surface area contributed by atoms with Gasteiger partial charge in [0.15, 0.2) is 0 Å². The molecular weight excluding hydrogens is 266 g/mol. The number of aliphatic hydroxyl groups is 1. The van der Waals surface area contributed by atoms with E-state index in [2.05, 4.69) is 52.9 Å². The van der Waals surface area contributed by atoms with E-state index in [0.29, 0.717) is 5.92 Å². The molecule has 0 radical (unpaired) electrons. The summed E-state index contributed by atoms with van der Waals surface area (Å²) in [5.74, 6) is 0.391. The van der Waals surface area contributed by atoms with Gasteiger partial charge in [0.1, 0.15) is 0 Å². The summed E-state index contributed by atoms with van der Waals surface area (Å²) in [6.45, 7) is 5.70. The van der Waals surface area contributed by atoms with Crippen LogP contribution >= 0.6 is 15.9 Å². The fourth-order valence-electron chi connectivity index (χ4n) is 2.60. The molecular formula is C13H18BrNO. The van der Waals surface area contributed by atoms with Gasteiger partial charge in [0, 0.05) is 29.1 Å². The minimum atomic E-state index is 0.122.